The molecule has 3 aromatic rings. The number of alkyl halides is 3. The molecule has 0 aromatic heterocycles. The fraction of sp³-hybridized carbons (Fsp3) is 0.367. The summed E-state index contributed by atoms with van der Waals surface area (Å²) in [7, 11) is -4.67. The maximum atomic E-state index is 13.5. The maximum absolute atomic E-state index is 13.5. The highest BCUT2D eigenvalue weighted by molar-refractivity contribution is 7.87. The standard InChI is InChI=1S/C30H32F4N2O4S/c1-3-35(4-2)26-16-13-23(20-36(29(37)22-7-5-8-22)19-21-11-14-25(31)15-12-21)28(18-26)40-41(38,39)27-10-6-9-24(17-27)30(32,33)34/h6,9-18,22H,3-5,7-8,19-20H2,1-2H3. The van der Waals surface area contributed by atoms with Gasteiger partial charge in [-0.25, -0.2) is 4.39 Å². The van der Waals surface area contributed by atoms with Gasteiger partial charge in [0.15, 0.2) is 0 Å². The van der Waals surface area contributed by atoms with E-state index in [0.29, 0.717) is 36.0 Å². The van der Waals surface area contributed by atoms with Gasteiger partial charge < -0.3 is 14.0 Å². The summed E-state index contributed by atoms with van der Waals surface area (Å²) in [4.78, 5) is 16.3. The van der Waals surface area contributed by atoms with Crippen LogP contribution in [0.3, 0.4) is 0 Å². The number of carbonyl (C=O) groups is 1. The largest absolute Gasteiger partial charge is 0.416 e. The second-order valence-electron chi connectivity index (χ2n) is 9.98. The molecule has 6 nitrogen and oxygen atoms in total. The first-order valence-corrected chi connectivity index (χ1v) is 14.8. The van der Waals surface area contributed by atoms with Gasteiger partial charge in [-0.15, -0.1) is 0 Å². The van der Waals surface area contributed by atoms with Crippen molar-refractivity contribution < 1.29 is 35.0 Å². The van der Waals surface area contributed by atoms with Crippen LogP contribution in [-0.4, -0.2) is 32.3 Å². The molecule has 4 rings (SSSR count). The number of hydrogen-bond acceptors (Lipinski definition) is 5. The first-order valence-electron chi connectivity index (χ1n) is 13.4. The van der Waals surface area contributed by atoms with E-state index < -0.39 is 32.6 Å². The third kappa shape index (κ3) is 7.38. The minimum atomic E-state index is -4.73. The summed E-state index contributed by atoms with van der Waals surface area (Å²) in [6.45, 7) is 5.24. The number of rotatable bonds is 11. The number of carbonyl (C=O) groups excluding carboxylic acids is 1. The van der Waals surface area contributed by atoms with E-state index in [1.807, 2.05) is 18.7 Å². The van der Waals surface area contributed by atoms with Gasteiger partial charge in [0.05, 0.1) is 5.56 Å². The van der Waals surface area contributed by atoms with Crippen molar-refractivity contribution in [1.82, 2.24) is 4.90 Å². The van der Waals surface area contributed by atoms with E-state index in [1.165, 1.54) is 18.2 Å². The number of nitrogens with zero attached hydrogens (tertiary/aromatic N) is 2. The zero-order valence-corrected chi connectivity index (χ0v) is 23.6. The summed E-state index contributed by atoms with van der Waals surface area (Å²) < 4.78 is 85.3. The van der Waals surface area contributed by atoms with Crippen molar-refractivity contribution in [3.63, 3.8) is 0 Å². The lowest BCUT2D eigenvalue weighted by atomic mass is 9.84. The van der Waals surface area contributed by atoms with E-state index in [-0.39, 0.29) is 30.7 Å². The van der Waals surface area contributed by atoms with Crippen molar-refractivity contribution >= 4 is 21.7 Å². The van der Waals surface area contributed by atoms with Crippen LogP contribution < -0.4 is 9.08 Å². The van der Waals surface area contributed by atoms with Crippen LogP contribution in [-0.2, 0) is 34.2 Å². The average Bonchev–Trinajstić information content (AvgIpc) is 2.90. The van der Waals surface area contributed by atoms with Crippen molar-refractivity contribution in [2.75, 3.05) is 18.0 Å². The molecule has 1 saturated carbocycles. The van der Waals surface area contributed by atoms with Gasteiger partial charge >= 0.3 is 16.3 Å². The molecule has 0 unspecified atom stereocenters. The molecule has 1 aliphatic carbocycles. The normalized spacial score (nSPS) is 13.9. The van der Waals surface area contributed by atoms with Crippen LogP contribution in [0.2, 0.25) is 0 Å². The lowest BCUT2D eigenvalue weighted by Gasteiger charge is -2.32. The second-order valence-corrected chi connectivity index (χ2v) is 11.5. The summed E-state index contributed by atoms with van der Waals surface area (Å²) in [6.07, 6.45) is -2.31. The predicted molar refractivity (Wildman–Crippen MR) is 147 cm³/mol. The number of anilines is 1. The minimum Gasteiger partial charge on any atom is -0.379 e. The molecular weight excluding hydrogens is 560 g/mol. The monoisotopic (exact) mass is 592 g/mol. The molecule has 0 aliphatic heterocycles. The van der Waals surface area contributed by atoms with Gasteiger partial charge in [0, 0.05) is 49.4 Å². The Balaban J connectivity index is 1.72. The molecule has 0 N–H and O–H groups in total. The van der Waals surface area contributed by atoms with Gasteiger partial charge in [-0.1, -0.05) is 30.7 Å². The van der Waals surface area contributed by atoms with Crippen LogP contribution in [0, 0.1) is 11.7 Å². The van der Waals surface area contributed by atoms with Gasteiger partial charge in [0.2, 0.25) is 5.91 Å². The zero-order chi connectivity index (χ0) is 29.8. The summed E-state index contributed by atoms with van der Waals surface area (Å²) >= 11 is 0. The van der Waals surface area contributed by atoms with Crippen molar-refractivity contribution in [2.45, 2.75) is 57.3 Å². The molecule has 0 heterocycles. The van der Waals surface area contributed by atoms with Crippen LogP contribution in [0.15, 0.2) is 71.6 Å². The molecule has 1 fully saturated rings. The van der Waals surface area contributed by atoms with Gasteiger partial charge in [-0.05, 0) is 68.7 Å². The summed E-state index contributed by atoms with van der Waals surface area (Å²) in [5, 5.41) is 0. The highest BCUT2D eigenvalue weighted by atomic mass is 32.2. The van der Waals surface area contributed by atoms with E-state index in [0.717, 1.165) is 37.5 Å². The van der Waals surface area contributed by atoms with Crippen molar-refractivity contribution in [3.05, 3.63) is 89.2 Å². The molecule has 0 saturated heterocycles. The number of amides is 1. The van der Waals surface area contributed by atoms with Crippen LogP contribution >= 0.6 is 0 Å². The molecule has 0 bridgehead atoms. The van der Waals surface area contributed by atoms with Gasteiger partial charge in [-0.3, -0.25) is 4.79 Å². The Morgan fingerprint density at radius 2 is 1.63 bits per heavy atom. The van der Waals surface area contributed by atoms with E-state index in [9.17, 15) is 30.8 Å². The SMILES string of the molecule is CCN(CC)c1ccc(CN(Cc2ccc(F)cc2)C(=O)C2CCC2)c(OS(=O)(=O)c2cccc(C(F)(F)F)c2)c1. The summed E-state index contributed by atoms with van der Waals surface area (Å²) in [5.41, 5.74) is 0.600. The lowest BCUT2D eigenvalue weighted by molar-refractivity contribution is -0.139. The minimum absolute atomic E-state index is 0.0152. The Labute approximate surface area is 237 Å². The molecule has 220 valence electrons. The fourth-order valence-electron chi connectivity index (χ4n) is 4.67. The topological polar surface area (TPSA) is 66.9 Å². The summed E-state index contributed by atoms with van der Waals surface area (Å²) in [6, 6.07) is 14.1. The molecular formula is C30H32F4N2O4S. The van der Waals surface area contributed by atoms with Gasteiger partial charge in [-0.2, -0.15) is 21.6 Å². The number of benzene rings is 3. The number of hydrogen-bond donors (Lipinski definition) is 0. The van der Waals surface area contributed by atoms with E-state index in [2.05, 4.69) is 0 Å². The van der Waals surface area contributed by atoms with Crippen molar-refractivity contribution in [1.29, 1.82) is 0 Å². The Bertz CT molecular complexity index is 1470. The zero-order valence-electron chi connectivity index (χ0n) is 22.8. The fourth-order valence-corrected chi connectivity index (χ4v) is 5.68. The molecule has 11 heteroatoms. The Morgan fingerprint density at radius 1 is 0.951 bits per heavy atom. The molecule has 1 aliphatic rings. The summed E-state index contributed by atoms with van der Waals surface area (Å²) in [5.74, 6) is -0.769. The first-order chi connectivity index (χ1) is 19.4. The molecule has 41 heavy (non-hydrogen) atoms. The van der Waals surface area contributed by atoms with Crippen molar-refractivity contribution in [3.8, 4) is 5.75 Å². The third-order valence-corrected chi connectivity index (χ3v) is 8.47. The van der Waals surface area contributed by atoms with Crippen LogP contribution in [0.5, 0.6) is 5.75 Å². The molecule has 0 spiro atoms. The van der Waals surface area contributed by atoms with Crippen LogP contribution in [0.4, 0.5) is 23.2 Å². The van der Waals surface area contributed by atoms with E-state index in [1.54, 1.807) is 29.2 Å². The maximum Gasteiger partial charge on any atom is 0.416 e. The predicted octanol–water partition coefficient (Wildman–Crippen LogP) is 6.79. The van der Waals surface area contributed by atoms with Crippen LogP contribution in [0.25, 0.3) is 0 Å². The van der Waals surface area contributed by atoms with Gasteiger partial charge in [0.25, 0.3) is 0 Å². The molecule has 3 aromatic carbocycles. The third-order valence-electron chi connectivity index (χ3n) is 7.24. The molecule has 0 atom stereocenters. The average molecular weight is 593 g/mol. The molecule has 0 radical (unpaired) electrons. The smallest absolute Gasteiger partial charge is 0.379 e. The van der Waals surface area contributed by atoms with Crippen molar-refractivity contribution in [2.24, 2.45) is 5.92 Å². The highest BCUT2D eigenvalue weighted by Crippen LogP contribution is 2.35. The Kier molecular flexibility index (Phi) is 9.26. The quantitative estimate of drug-likeness (QED) is 0.181. The Morgan fingerprint density at radius 3 is 2.22 bits per heavy atom. The molecule has 1 amide bonds. The number of halogens is 4. The van der Waals surface area contributed by atoms with E-state index in [4.69, 9.17) is 4.18 Å². The first kappa shape index (κ1) is 30.4. The van der Waals surface area contributed by atoms with E-state index >= 15 is 0 Å². The Hall–Kier alpha value is -3.60. The van der Waals surface area contributed by atoms with Gasteiger partial charge in [0.1, 0.15) is 16.5 Å². The lowest BCUT2D eigenvalue weighted by Crippen LogP contribution is -2.38. The highest BCUT2D eigenvalue weighted by Gasteiger charge is 2.33. The second kappa shape index (κ2) is 12.5. The van der Waals surface area contributed by atoms with Crippen LogP contribution in [0.1, 0.15) is 49.8 Å².